The van der Waals surface area contributed by atoms with Crippen molar-refractivity contribution in [3.05, 3.63) is 23.3 Å². The number of aryl methyl sites for hydroxylation is 1. The van der Waals surface area contributed by atoms with Crippen LogP contribution in [0.2, 0.25) is 0 Å². The first-order valence-corrected chi connectivity index (χ1v) is 11.0. The lowest BCUT2D eigenvalue weighted by molar-refractivity contribution is 0.452. The molecular weight excluding hydrogens is 336 g/mol. The van der Waals surface area contributed by atoms with Crippen LogP contribution in [0.1, 0.15) is 30.4 Å². The zero-order valence-electron chi connectivity index (χ0n) is 13.7. The lowest BCUT2D eigenvalue weighted by Crippen LogP contribution is -2.40. The van der Waals surface area contributed by atoms with Gasteiger partial charge in [-0.15, -0.1) is 0 Å². The van der Waals surface area contributed by atoms with Crippen LogP contribution >= 0.6 is 0 Å². The van der Waals surface area contributed by atoms with Crippen LogP contribution in [-0.2, 0) is 19.9 Å². The van der Waals surface area contributed by atoms with Crippen LogP contribution in [0, 0.1) is 19.8 Å². The van der Waals surface area contributed by atoms with E-state index >= 15 is 0 Å². The maximum Gasteiger partial charge on any atom is 0.241 e. The molecule has 0 spiro atoms. The summed E-state index contributed by atoms with van der Waals surface area (Å²) < 4.78 is 52.0. The maximum absolute atomic E-state index is 12.8. The van der Waals surface area contributed by atoms with Gasteiger partial charge in [-0.1, -0.05) is 6.42 Å². The van der Waals surface area contributed by atoms with E-state index in [2.05, 4.69) is 4.72 Å². The number of nitrogens with two attached hydrogens (primary N) is 1. The molecule has 2 atom stereocenters. The molecule has 0 aliphatic heterocycles. The molecule has 1 aliphatic rings. The fourth-order valence-corrected chi connectivity index (χ4v) is 6.01. The summed E-state index contributed by atoms with van der Waals surface area (Å²) in [6, 6.07) is 2.83. The third-order valence-corrected chi connectivity index (χ3v) is 7.25. The van der Waals surface area contributed by atoms with Crippen LogP contribution in [0.4, 0.5) is 0 Å². The Labute approximate surface area is 138 Å². The summed E-state index contributed by atoms with van der Waals surface area (Å²) in [7, 11) is -7.29. The normalized spacial score (nSPS) is 22.4. The lowest BCUT2D eigenvalue weighted by Gasteiger charge is -2.21. The Balaban J connectivity index is 2.46. The standard InChI is InChI=1S/C15H24N2O4S2/c1-10-7-14(22(3,18)19)11(2)15(8-10)23(20,21)17-13-6-4-5-12(13)9-16/h7-8,12-13,17H,4-6,9,16H2,1-3H3/t12-,13-/m0/s1. The average molecular weight is 361 g/mol. The number of sulfonamides is 1. The maximum atomic E-state index is 12.8. The molecule has 0 heterocycles. The molecule has 1 aromatic carbocycles. The highest BCUT2D eigenvalue weighted by Gasteiger charge is 2.32. The van der Waals surface area contributed by atoms with Crippen molar-refractivity contribution in [2.24, 2.45) is 11.7 Å². The van der Waals surface area contributed by atoms with Gasteiger partial charge < -0.3 is 5.73 Å². The van der Waals surface area contributed by atoms with E-state index in [1.54, 1.807) is 6.92 Å². The highest BCUT2D eigenvalue weighted by atomic mass is 32.2. The summed E-state index contributed by atoms with van der Waals surface area (Å²) in [4.78, 5) is 0.0836. The molecule has 130 valence electrons. The third kappa shape index (κ3) is 3.93. The number of hydrogen-bond acceptors (Lipinski definition) is 5. The van der Waals surface area contributed by atoms with E-state index in [0.717, 1.165) is 25.5 Å². The molecule has 8 heteroatoms. The van der Waals surface area contributed by atoms with E-state index in [0.29, 0.717) is 12.1 Å². The first-order chi connectivity index (χ1) is 10.6. The molecule has 23 heavy (non-hydrogen) atoms. The number of rotatable bonds is 5. The van der Waals surface area contributed by atoms with Crippen molar-refractivity contribution in [1.29, 1.82) is 0 Å². The molecule has 1 fully saturated rings. The van der Waals surface area contributed by atoms with Crippen LogP contribution in [0.3, 0.4) is 0 Å². The molecule has 0 radical (unpaired) electrons. The van der Waals surface area contributed by atoms with Crippen molar-refractivity contribution >= 4 is 19.9 Å². The van der Waals surface area contributed by atoms with Crippen molar-refractivity contribution in [3.8, 4) is 0 Å². The number of benzene rings is 1. The predicted molar refractivity (Wildman–Crippen MR) is 89.5 cm³/mol. The Bertz CT molecular complexity index is 801. The Kier molecular flexibility index (Phi) is 5.20. The minimum atomic E-state index is -3.79. The van der Waals surface area contributed by atoms with E-state index in [-0.39, 0.29) is 27.3 Å². The molecule has 1 saturated carbocycles. The Morgan fingerprint density at radius 2 is 1.74 bits per heavy atom. The molecule has 6 nitrogen and oxygen atoms in total. The van der Waals surface area contributed by atoms with Gasteiger partial charge in [0.15, 0.2) is 9.84 Å². The Morgan fingerprint density at radius 1 is 1.13 bits per heavy atom. The third-order valence-electron chi connectivity index (χ3n) is 4.41. The van der Waals surface area contributed by atoms with Crippen LogP contribution in [0.5, 0.6) is 0 Å². The summed E-state index contributed by atoms with van der Waals surface area (Å²) in [5, 5.41) is 0. The van der Waals surface area contributed by atoms with E-state index < -0.39 is 19.9 Å². The molecule has 2 rings (SSSR count). The molecule has 0 amide bonds. The first-order valence-electron chi connectivity index (χ1n) is 7.60. The van der Waals surface area contributed by atoms with Gasteiger partial charge in [-0.25, -0.2) is 21.6 Å². The van der Waals surface area contributed by atoms with Crippen molar-refractivity contribution in [3.63, 3.8) is 0 Å². The first kappa shape index (κ1) is 18.4. The second-order valence-corrected chi connectivity index (χ2v) is 9.98. The molecule has 3 N–H and O–H groups in total. The minimum absolute atomic E-state index is 0.0283. The summed E-state index contributed by atoms with van der Waals surface area (Å²) in [5.74, 6) is 0.129. The summed E-state index contributed by atoms with van der Waals surface area (Å²) in [6.45, 7) is 3.65. The Morgan fingerprint density at radius 3 is 2.30 bits per heavy atom. The molecule has 0 bridgehead atoms. The van der Waals surface area contributed by atoms with Gasteiger partial charge in [0.1, 0.15) is 0 Å². The van der Waals surface area contributed by atoms with Crippen molar-refractivity contribution in [2.75, 3.05) is 12.8 Å². The van der Waals surface area contributed by atoms with E-state index in [1.807, 2.05) is 0 Å². The lowest BCUT2D eigenvalue weighted by atomic mass is 10.1. The van der Waals surface area contributed by atoms with Crippen molar-refractivity contribution in [1.82, 2.24) is 4.72 Å². The van der Waals surface area contributed by atoms with E-state index in [4.69, 9.17) is 5.73 Å². The average Bonchev–Trinajstić information content (AvgIpc) is 2.86. The zero-order chi connectivity index (χ0) is 17.4. The topological polar surface area (TPSA) is 106 Å². The fraction of sp³-hybridized carbons (Fsp3) is 0.600. The number of sulfone groups is 1. The number of hydrogen-bond donors (Lipinski definition) is 2. The van der Waals surface area contributed by atoms with Crippen LogP contribution in [0.25, 0.3) is 0 Å². The molecule has 1 aromatic rings. The fourth-order valence-electron chi connectivity index (χ4n) is 3.19. The van der Waals surface area contributed by atoms with Crippen LogP contribution < -0.4 is 10.5 Å². The largest absolute Gasteiger partial charge is 0.330 e. The van der Waals surface area contributed by atoms with Gasteiger partial charge >= 0.3 is 0 Å². The summed E-state index contributed by atoms with van der Waals surface area (Å²) >= 11 is 0. The van der Waals surface area contributed by atoms with Crippen LogP contribution in [-0.4, -0.2) is 35.7 Å². The smallest absolute Gasteiger partial charge is 0.241 e. The highest BCUT2D eigenvalue weighted by molar-refractivity contribution is 7.91. The molecule has 0 aromatic heterocycles. The summed E-state index contributed by atoms with van der Waals surface area (Å²) in [6.07, 6.45) is 3.69. The molecular formula is C15H24N2O4S2. The van der Waals surface area contributed by atoms with Crippen LogP contribution in [0.15, 0.2) is 21.9 Å². The minimum Gasteiger partial charge on any atom is -0.330 e. The molecule has 0 unspecified atom stereocenters. The van der Waals surface area contributed by atoms with Crippen molar-refractivity contribution in [2.45, 2.75) is 48.9 Å². The zero-order valence-corrected chi connectivity index (χ0v) is 15.3. The SMILES string of the molecule is Cc1cc(S(C)(=O)=O)c(C)c(S(=O)(=O)N[C@H]2CCC[C@H]2CN)c1. The summed E-state index contributed by atoms with van der Waals surface area (Å²) in [5.41, 5.74) is 6.56. The van der Waals surface area contributed by atoms with Gasteiger partial charge in [0.25, 0.3) is 0 Å². The second kappa shape index (κ2) is 6.51. The molecule has 0 saturated heterocycles. The molecule has 1 aliphatic carbocycles. The van der Waals surface area contributed by atoms with E-state index in [9.17, 15) is 16.8 Å². The van der Waals surface area contributed by atoms with Gasteiger partial charge in [0, 0.05) is 12.3 Å². The van der Waals surface area contributed by atoms with Gasteiger partial charge in [-0.05, 0) is 62.4 Å². The predicted octanol–water partition coefficient (Wildman–Crippen LogP) is 1.11. The quantitative estimate of drug-likeness (QED) is 0.818. The van der Waals surface area contributed by atoms with Gasteiger partial charge in [0.05, 0.1) is 9.79 Å². The van der Waals surface area contributed by atoms with Gasteiger partial charge in [-0.3, -0.25) is 0 Å². The van der Waals surface area contributed by atoms with Gasteiger partial charge in [0.2, 0.25) is 10.0 Å². The highest BCUT2D eigenvalue weighted by Crippen LogP contribution is 2.29. The van der Waals surface area contributed by atoms with Crippen molar-refractivity contribution < 1.29 is 16.8 Å². The second-order valence-electron chi connectivity index (χ2n) is 6.31. The van der Waals surface area contributed by atoms with Gasteiger partial charge in [-0.2, -0.15) is 0 Å². The number of nitrogens with one attached hydrogen (secondary N) is 1. The van der Waals surface area contributed by atoms with E-state index in [1.165, 1.54) is 19.1 Å². The Hall–Kier alpha value is -0.960. The monoisotopic (exact) mass is 360 g/mol.